The van der Waals surface area contributed by atoms with Crippen LogP contribution in [0.2, 0.25) is 0 Å². The van der Waals surface area contributed by atoms with Crippen molar-refractivity contribution in [3.05, 3.63) is 34.6 Å². The van der Waals surface area contributed by atoms with E-state index in [-0.39, 0.29) is 5.71 Å². The minimum atomic E-state index is -2.24. The molecule has 0 atom stereocenters. The van der Waals surface area contributed by atoms with E-state index in [1.165, 1.54) is 20.8 Å². The zero-order valence-electron chi connectivity index (χ0n) is 10.9. The average molecular weight is 297 g/mol. The van der Waals surface area contributed by atoms with E-state index < -0.39 is 46.9 Å². The molecular weight excluding hydrogens is 285 g/mol. The Hall–Kier alpha value is -1.70. The summed E-state index contributed by atoms with van der Waals surface area (Å²) in [5.41, 5.74) is -2.40. The molecule has 0 fully saturated rings. The Labute approximate surface area is 111 Å². The Bertz CT molecular complexity index is 523. The molecule has 0 spiro atoms. The fraction of sp³-hybridized carbons (Fsp3) is 0.417. The van der Waals surface area contributed by atoms with Crippen LogP contribution in [0.25, 0.3) is 0 Å². The van der Waals surface area contributed by atoms with Crippen LogP contribution in [0, 0.1) is 29.1 Å². The van der Waals surface area contributed by atoms with Gasteiger partial charge in [0, 0.05) is 0 Å². The minimum Gasteiger partial charge on any atom is -0.391 e. The Kier molecular flexibility index (Phi) is 4.69. The summed E-state index contributed by atoms with van der Waals surface area (Å²) in [6.45, 7) is 3.18. The van der Waals surface area contributed by atoms with Crippen molar-refractivity contribution >= 4 is 5.71 Å². The van der Waals surface area contributed by atoms with Crippen LogP contribution >= 0.6 is 0 Å². The van der Waals surface area contributed by atoms with Crippen molar-refractivity contribution in [3.8, 4) is 0 Å². The highest BCUT2D eigenvalue weighted by Crippen LogP contribution is 2.23. The molecule has 0 heterocycles. The van der Waals surface area contributed by atoms with Gasteiger partial charge in [-0.3, -0.25) is 0 Å². The Morgan fingerprint density at radius 3 is 1.80 bits per heavy atom. The van der Waals surface area contributed by atoms with Gasteiger partial charge in [-0.15, -0.1) is 0 Å². The molecule has 112 valence electrons. The highest BCUT2D eigenvalue weighted by atomic mass is 19.2. The van der Waals surface area contributed by atoms with Gasteiger partial charge in [0.25, 0.3) is 0 Å². The van der Waals surface area contributed by atoms with Crippen LogP contribution < -0.4 is 0 Å². The van der Waals surface area contributed by atoms with E-state index >= 15 is 0 Å². The Morgan fingerprint density at radius 2 is 1.40 bits per heavy atom. The van der Waals surface area contributed by atoms with Crippen molar-refractivity contribution in [2.24, 2.45) is 5.16 Å². The molecule has 8 heteroatoms. The first kappa shape index (κ1) is 16.4. The predicted molar refractivity (Wildman–Crippen MR) is 60.4 cm³/mol. The summed E-state index contributed by atoms with van der Waals surface area (Å²) in [5.74, 6) is -10.3. The second-order valence-corrected chi connectivity index (χ2v) is 4.56. The first-order chi connectivity index (χ1) is 9.07. The van der Waals surface area contributed by atoms with Crippen LogP contribution in [0.15, 0.2) is 5.16 Å². The van der Waals surface area contributed by atoms with Crippen LogP contribution in [0.5, 0.6) is 0 Å². The molecule has 0 saturated heterocycles. The third-order valence-electron chi connectivity index (χ3n) is 2.60. The van der Waals surface area contributed by atoms with E-state index in [1.807, 2.05) is 0 Å². The maximum atomic E-state index is 13.3. The fourth-order valence-electron chi connectivity index (χ4n) is 1.08. The molecule has 0 aromatic heterocycles. The second-order valence-electron chi connectivity index (χ2n) is 4.56. The van der Waals surface area contributed by atoms with Gasteiger partial charge >= 0.3 is 0 Å². The lowest BCUT2D eigenvalue weighted by Crippen LogP contribution is -2.28. The summed E-state index contributed by atoms with van der Waals surface area (Å²) >= 11 is 0. The number of aliphatic hydroxyl groups is 1. The molecule has 1 aromatic carbocycles. The molecule has 0 bridgehead atoms. The van der Waals surface area contributed by atoms with Gasteiger partial charge in [-0.1, -0.05) is 5.16 Å². The monoisotopic (exact) mass is 297 g/mol. The third kappa shape index (κ3) is 3.24. The topological polar surface area (TPSA) is 41.8 Å². The zero-order valence-corrected chi connectivity index (χ0v) is 10.9. The van der Waals surface area contributed by atoms with E-state index in [4.69, 9.17) is 0 Å². The molecule has 0 radical (unpaired) electrons. The fourth-order valence-corrected chi connectivity index (χ4v) is 1.08. The quantitative estimate of drug-likeness (QED) is 0.305. The number of hydrogen-bond acceptors (Lipinski definition) is 3. The summed E-state index contributed by atoms with van der Waals surface area (Å²) in [5, 5.41) is 12.8. The highest BCUT2D eigenvalue weighted by molar-refractivity contribution is 5.88. The van der Waals surface area contributed by atoms with Gasteiger partial charge < -0.3 is 9.94 Å². The lowest BCUT2D eigenvalue weighted by Gasteiger charge is -2.16. The summed E-state index contributed by atoms with van der Waals surface area (Å²) in [6, 6.07) is 0. The van der Waals surface area contributed by atoms with Gasteiger partial charge in [0.15, 0.2) is 23.3 Å². The van der Waals surface area contributed by atoms with Gasteiger partial charge in [0.05, 0.1) is 11.3 Å². The summed E-state index contributed by atoms with van der Waals surface area (Å²) in [6.07, 6.45) is 0. The molecule has 0 unspecified atom stereocenters. The van der Waals surface area contributed by atoms with Crippen LogP contribution in [-0.4, -0.2) is 16.4 Å². The maximum absolute atomic E-state index is 13.3. The van der Waals surface area contributed by atoms with E-state index in [2.05, 4.69) is 9.99 Å². The molecule has 0 aliphatic rings. The van der Waals surface area contributed by atoms with Crippen molar-refractivity contribution in [2.75, 3.05) is 0 Å². The molecule has 0 aliphatic heterocycles. The lowest BCUT2D eigenvalue weighted by atomic mass is 10.1. The largest absolute Gasteiger partial charge is 0.391 e. The van der Waals surface area contributed by atoms with Crippen LogP contribution in [0.4, 0.5) is 22.0 Å². The molecular formula is C12H12F5NO2. The number of benzene rings is 1. The first-order valence-electron chi connectivity index (χ1n) is 5.47. The van der Waals surface area contributed by atoms with Crippen molar-refractivity contribution in [1.29, 1.82) is 0 Å². The van der Waals surface area contributed by atoms with Crippen molar-refractivity contribution in [2.45, 2.75) is 33.0 Å². The van der Waals surface area contributed by atoms with Gasteiger partial charge in [0.2, 0.25) is 5.82 Å². The van der Waals surface area contributed by atoms with Crippen molar-refractivity contribution in [3.63, 3.8) is 0 Å². The van der Waals surface area contributed by atoms with Crippen LogP contribution in [-0.2, 0) is 11.4 Å². The summed E-state index contributed by atoms with van der Waals surface area (Å²) < 4.78 is 65.1. The molecule has 1 rings (SSSR count). The van der Waals surface area contributed by atoms with Crippen molar-refractivity contribution < 1.29 is 31.9 Å². The molecule has 1 N–H and O–H groups in total. The molecule has 1 aromatic rings. The van der Waals surface area contributed by atoms with Crippen molar-refractivity contribution in [1.82, 2.24) is 0 Å². The van der Waals surface area contributed by atoms with Crippen LogP contribution in [0.1, 0.15) is 26.3 Å². The first-order valence-corrected chi connectivity index (χ1v) is 5.47. The van der Waals surface area contributed by atoms with Crippen LogP contribution in [0.3, 0.4) is 0 Å². The van der Waals surface area contributed by atoms with Gasteiger partial charge in [-0.2, -0.15) is 0 Å². The minimum absolute atomic E-state index is 0.0707. The van der Waals surface area contributed by atoms with Gasteiger partial charge in [0.1, 0.15) is 12.2 Å². The van der Waals surface area contributed by atoms with E-state index in [0.29, 0.717) is 0 Å². The molecule has 0 aliphatic carbocycles. The molecule has 20 heavy (non-hydrogen) atoms. The standard InChI is InChI=1S/C12H12F5NO2/c1-5(12(2,3)19)18-20-4-6-7(13)9(15)11(17)10(16)8(6)14/h19H,4H2,1-3H3. The maximum Gasteiger partial charge on any atom is 0.200 e. The SMILES string of the molecule is CC(=NOCc1c(F)c(F)c(F)c(F)c1F)C(C)(C)O. The summed E-state index contributed by atoms with van der Waals surface area (Å²) in [4.78, 5) is 4.51. The Balaban J connectivity index is 3.01. The Morgan fingerprint density at radius 1 is 1.00 bits per heavy atom. The number of hydrogen-bond donors (Lipinski definition) is 1. The smallest absolute Gasteiger partial charge is 0.200 e. The highest BCUT2D eigenvalue weighted by Gasteiger charge is 2.26. The van der Waals surface area contributed by atoms with E-state index in [0.717, 1.165) is 0 Å². The normalized spacial score (nSPS) is 12.8. The lowest BCUT2D eigenvalue weighted by molar-refractivity contribution is 0.105. The van der Waals surface area contributed by atoms with Gasteiger partial charge in [-0.25, -0.2) is 22.0 Å². The molecule has 0 amide bonds. The van der Waals surface area contributed by atoms with Gasteiger partial charge in [-0.05, 0) is 20.8 Å². The van der Waals surface area contributed by atoms with E-state index in [9.17, 15) is 27.1 Å². The zero-order chi connectivity index (χ0) is 15.7. The average Bonchev–Trinajstić information content (AvgIpc) is 2.36. The summed E-state index contributed by atoms with van der Waals surface area (Å²) in [7, 11) is 0. The third-order valence-corrected chi connectivity index (χ3v) is 2.60. The number of nitrogens with zero attached hydrogens (tertiary/aromatic N) is 1. The number of rotatable bonds is 4. The molecule has 0 saturated carbocycles. The second kappa shape index (κ2) is 5.74. The molecule has 3 nitrogen and oxygen atoms in total. The number of halogens is 5. The van der Waals surface area contributed by atoms with E-state index in [1.54, 1.807) is 0 Å². The number of oxime groups is 1. The predicted octanol–water partition coefficient (Wildman–Crippen LogP) is 3.05.